The van der Waals surface area contributed by atoms with E-state index in [1.54, 1.807) is 0 Å². The summed E-state index contributed by atoms with van der Waals surface area (Å²) in [5.74, 6) is 1.32. The molecule has 1 heterocycles. The Bertz CT molecular complexity index is 126. The molecule has 1 saturated heterocycles. The second-order valence-electron chi connectivity index (χ2n) is 3.84. The maximum Gasteiger partial charge on any atom is 0.103 e. The Hall–Kier alpha value is 0.310. The number of rotatable bonds is 2. The average molecular weight is 186 g/mol. The van der Waals surface area contributed by atoms with Gasteiger partial charge in [0.2, 0.25) is 0 Å². The second-order valence-corrected chi connectivity index (χ2v) is 5.11. The molecular weight excluding hydrogens is 168 g/mol. The summed E-state index contributed by atoms with van der Waals surface area (Å²) in [7, 11) is 0. The summed E-state index contributed by atoms with van der Waals surface area (Å²) in [6.45, 7) is 0. The first-order valence-electron chi connectivity index (χ1n) is 5.22. The number of hydrogen-bond acceptors (Lipinski definition) is 2. The molecule has 0 aromatic heterocycles. The van der Waals surface area contributed by atoms with Crippen LogP contribution in [0.25, 0.3) is 0 Å². The van der Waals surface area contributed by atoms with E-state index in [0.717, 1.165) is 0 Å². The smallest absolute Gasteiger partial charge is 0.103 e. The fourth-order valence-electron chi connectivity index (χ4n) is 2.07. The lowest BCUT2D eigenvalue weighted by Crippen LogP contribution is -2.20. The third-order valence-electron chi connectivity index (χ3n) is 2.78. The minimum Gasteiger partial charge on any atom is -0.364 e. The van der Waals surface area contributed by atoms with Gasteiger partial charge in [-0.1, -0.05) is 19.3 Å². The van der Waals surface area contributed by atoms with Crippen molar-refractivity contribution < 1.29 is 4.74 Å². The Balaban J connectivity index is 1.69. The highest BCUT2D eigenvalue weighted by atomic mass is 32.2. The van der Waals surface area contributed by atoms with Gasteiger partial charge in [0.05, 0.1) is 6.10 Å². The van der Waals surface area contributed by atoms with Crippen LogP contribution in [0.5, 0.6) is 0 Å². The van der Waals surface area contributed by atoms with Gasteiger partial charge in [-0.05, 0) is 31.4 Å². The van der Waals surface area contributed by atoms with Crippen molar-refractivity contribution in [3.8, 4) is 0 Å². The van der Waals surface area contributed by atoms with E-state index < -0.39 is 0 Å². The van der Waals surface area contributed by atoms with E-state index in [0.29, 0.717) is 11.5 Å². The highest BCUT2D eigenvalue weighted by Gasteiger charge is 2.22. The van der Waals surface area contributed by atoms with Crippen molar-refractivity contribution in [1.82, 2.24) is 0 Å². The first-order valence-corrected chi connectivity index (χ1v) is 6.27. The zero-order valence-corrected chi connectivity index (χ0v) is 8.44. The Morgan fingerprint density at radius 3 is 2.42 bits per heavy atom. The lowest BCUT2D eigenvalue weighted by Gasteiger charge is -2.24. The monoisotopic (exact) mass is 186 g/mol. The molecular formula is C10H18OS. The molecule has 0 bridgehead atoms. The molecule has 70 valence electrons. The van der Waals surface area contributed by atoms with E-state index in [1.807, 2.05) is 11.8 Å². The molecule has 2 aliphatic rings. The van der Waals surface area contributed by atoms with Crippen LogP contribution in [0.4, 0.5) is 0 Å². The van der Waals surface area contributed by atoms with Crippen molar-refractivity contribution in [1.29, 1.82) is 0 Å². The zero-order valence-electron chi connectivity index (χ0n) is 7.63. The SMILES string of the molecule is C1CCC(OC2CCCS2)CC1. The molecule has 1 unspecified atom stereocenters. The molecule has 1 saturated carbocycles. The van der Waals surface area contributed by atoms with Gasteiger partial charge in [0.15, 0.2) is 0 Å². The highest BCUT2D eigenvalue weighted by Crippen LogP contribution is 2.31. The highest BCUT2D eigenvalue weighted by molar-refractivity contribution is 8.00. The van der Waals surface area contributed by atoms with Crippen LogP contribution in [-0.4, -0.2) is 17.3 Å². The van der Waals surface area contributed by atoms with E-state index in [9.17, 15) is 0 Å². The molecule has 1 atom stereocenters. The lowest BCUT2D eigenvalue weighted by molar-refractivity contribution is 0.0119. The molecule has 1 aliphatic carbocycles. The van der Waals surface area contributed by atoms with Crippen molar-refractivity contribution in [2.45, 2.75) is 56.5 Å². The maximum absolute atomic E-state index is 6.02. The molecule has 2 fully saturated rings. The van der Waals surface area contributed by atoms with Crippen LogP contribution in [0.3, 0.4) is 0 Å². The molecule has 2 rings (SSSR count). The Morgan fingerprint density at radius 2 is 1.75 bits per heavy atom. The fraction of sp³-hybridized carbons (Fsp3) is 1.00. The largest absolute Gasteiger partial charge is 0.364 e. The summed E-state index contributed by atoms with van der Waals surface area (Å²) < 4.78 is 6.02. The van der Waals surface area contributed by atoms with Crippen molar-refractivity contribution >= 4 is 11.8 Å². The Kier molecular flexibility index (Phi) is 3.35. The molecule has 0 N–H and O–H groups in total. The molecule has 2 heteroatoms. The minimum absolute atomic E-state index is 0.549. The van der Waals surface area contributed by atoms with Gasteiger partial charge >= 0.3 is 0 Å². The third kappa shape index (κ3) is 2.40. The van der Waals surface area contributed by atoms with Gasteiger partial charge in [-0.25, -0.2) is 0 Å². The van der Waals surface area contributed by atoms with E-state index >= 15 is 0 Å². The van der Waals surface area contributed by atoms with Crippen molar-refractivity contribution in [2.75, 3.05) is 5.75 Å². The summed E-state index contributed by atoms with van der Waals surface area (Å²) in [6.07, 6.45) is 10.1. The summed E-state index contributed by atoms with van der Waals surface area (Å²) in [4.78, 5) is 0. The molecule has 0 spiro atoms. The summed E-state index contributed by atoms with van der Waals surface area (Å²) in [6, 6.07) is 0. The summed E-state index contributed by atoms with van der Waals surface area (Å²) in [5, 5.41) is 0. The predicted molar refractivity (Wildman–Crippen MR) is 53.4 cm³/mol. The molecule has 1 nitrogen and oxygen atoms in total. The Labute approximate surface area is 79.2 Å². The standard InChI is InChI=1S/C10H18OS/c1-2-5-9(6-3-1)11-10-7-4-8-12-10/h9-10H,1-8H2. The van der Waals surface area contributed by atoms with Crippen LogP contribution in [0.2, 0.25) is 0 Å². The van der Waals surface area contributed by atoms with Crippen LogP contribution >= 0.6 is 11.8 Å². The van der Waals surface area contributed by atoms with Gasteiger partial charge in [0.1, 0.15) is 5.44 Å². The van der Waals surface area contributed by atoms with Crippen LogP contribution in [-0.2, 0) is 4.74 Å². The van der Waals surface area contributed by atoms with Gasteiger partial charge in [0, 0.05) is 0 Å². The molecule has 0 radical (unpaired) electrons. The van der Waals surface area contributed by atoms with Gasteiger partial charge in [0.25, 0.3) is 0 Å². The summed E-state index contributed by atoms with van der Waals surface area (Å²) in [5.41, 5.74) is 0.549. The molecule has 0 aromatic rings. The summed E-state index contributed by atoms with van der Waals surface area (Å²) >= 11 is 2.01. The number of ether oxygens (including phenoxy) is 1. The lowest BCUT2D eigenvalue weighted by atomic mass is 9.98. The van der Waals surface area contributed by atoms with Gasteiger partial charge in [-0.15, -0.1) is 11.8 Å². The topological polar surface area (TPSA) is 9.23 Å². The normalized spacial score (nSPS) is 32.5. The molecule has 12 heavy (non-hydrogen) atoms. The number of thioether (sulfide) groups is 1. The predicted octanol–water partition coefficient (Wildman–Crippen LogP) is 3.19. The molecule has 0 aromatic carbocycles. The van der Waals surface area contributed by atoms with Crippen LogP contribution in [0.1, 0.15) is 44.9 Å². The van der Waals surface area contributed by atoms with E-state index in [-0.39, 0.29) is 0 Å². The van der Waals surface area contributed by atoms with Crippen LogP contribution < -0.4 is 0 Å². The minimum atomic E-state index is 0.549. The molecule has 1 aliphatic heterocycles. The van der Waals surface area contributed by atoms with Crippen LogP contribution in [0.15, 0.2) is 0 Å². The van der Waals surface area contributed by atoms with Gasteiger partial charge < -0.3 is 4.74 Å². The van der Waals surface area contributed by atoms with Crippen molar-refractivity contribution in [3.63, 3.8) is 0 Å². The van der Waals surface area contributed by atoms with Crippen LogP contribution in [0, 0.1) is 0 Å². The maximum atomic E-state index is 6.02. The number of hydrogen-bond donors (Lipinski definition) is 0. The van der Waals surface area contributed by atoms with Gasteiger partial charge in [-0.2, -0.15) is 0 Å². The first-order chi connectivity index (χ1) is 5.95. The quantitative estimate of drug-likeness (QED) is 0.655. The van der Waals surface area contributed by atoms with E-state index in [1.165, 1.54) is 50.7 Å². The van der Waals surface area contributed by atoms with Gasteiger partial charge in [-0.3, -0.25) is 0 Å². The Morgan fingerprint density at radius 1 is 0.917 bits per heavy atom. The second kappa shape index (κ2) is 4.52. The third-order valence-corrected chi connectivity index (χ3v) is 4.03. The zero-order chi connectivity index (χ0) is 8.23. The van der Waals surface area contributed by atoms with E-state index in [4.69, 9.17) is 4.74 Å². The average Bonchev–Trinajstić information content (AvgIpc) is 2.59. The van der Waals surface area contributed by atoms with Crippen molar-refractivity contribution in [2.24, 2.45) is 0 Å². The van der Waals surface area contributed by atoms with E-state index in [2.05, 4.69) is 0 Å². The first kappa shape index (κ1) is 8.89. The fourth-order valence-corrected chi connectivity index (χ4v) is 3.24. The van der Waals surface area contributed by atoms with Crippen molar-refractivity contribution in [3.05, 3.63) is 0 Å². The molecule has 0 amide bonds.